The summed E-state index contributed by atoms with van der Waals surface area (Å²) < 4.78 is 10.1. The molecule has 1 aliphatic rings. The molecular weight excluding hydrogens is 222 g/mol. The maximum absolute atomic E-state index is 11.9. The molecule has 0 atom stereocenters. The predicted molar refractivity (Wildman–Crippen MR) is 59.4 cm³/mol. The highest BCUT2D eigenvalue weighted by Gasteiger charge is 2.34. The second kappa shape index (κ2) is 5.07. The Hall–Kier alpha value is -1.72. The van der Waals surface area contributed by atoms with Gasteiger partial charge in [-0.05, 0) is 19.1 Å². The molecular formula is C12H13NO4. The van der Waals surface area contributed by atoms with Crippen LogP contribution in [0.5, 0.6) is 0 Å². The number of amides is 2. The summed E-state index contributed by atoms with van der Waals surface area (Å²) in [6.07, 6.45) is 0. The maximum Gasteiger partial charge on any atom is 0.263 e. The summed E-state index contributed by atoms with van der Waals surface area (Å²) in [5.41, 5.74) is 0.856. The number of carbonyl (C=O) groups is 2. The molecule has 17 heavy (non-hydrogen) atoms. The molecule has 90 valence electrons. The molecule has 1 aromatic rings. The van der Waals surface area contributed by atoms with Gasteiger partial charge in [-0.1, -0.05) is 12.1 Å². The molecule has 0 radical (unpaired) electrons. The topological polar surface area (TPSA) is 55.8 Å². The van der Waals surface area contributed by atoms with Crippen molar-refractivity contribution in [3.05, 3.63) is 35.4 Å². The zero-order valence-corrected chi connectivity index (χ0v) is 9.51. The van der Waals surface area contributed by atoms with Crippen LogP contribution in [0.1, 0.15) is 27.6 Å². The summed E-state index contributed by atoms with van der Waals surface area (Å²) >= 11 is 0. The second-order valence-corrected chi connectivity index (χ2v) is 3.53. The fraction of sp³-hybridized carbons (Fsp3) is 0.333. The fourth-order valence-electron chi connectivity index (χ4n) is 1.63. The predicted octanol–water partition coefficient (Wildman–Crippen LogP) is 1.25. The average molecular weight is 235 g/mol. The van der Waals surface area contributed by atoms with Gasteiger partial charge in [0.2, 0.25) is 0 Å². The Morgan fingerprint density at radius 2 is 1.65 bits per heavy atom. The number of hydrogen-bond donors (Lipinski definition) is 0. The van der Waals surface area contributed by atoms with Gasteiger partial charge < -0.3 is 9.47 Å². The van der Waals surface area contributed by atoms with Crippen molar-refractivity contribution in [2.45, 2.75) is 6.92 Å². The fourth-order valence-corrected chi connectivity index (χ4v) is 1.63. The van der Waals surface area contributed by atoms with Crippen molar-refractivity contribution in [2.24, 2.45) is 0 Å². The van der Waals surface area contributed by atoms with E-state index in [9.17, 15) is 9.59 Å². The highest BCUT2D eigenvalue weighted by Crippen LogP contribution is 2.21. The van der Waals surface area contributed by atoms with E-state index in [4.69, 9.17) is 9.47 Å². The first-order chi connectivity index (χ1) is 8.25. The molecule has 0 saturated heterocycles. The lowest BCUT2D eigenvalue weighted by Crippen LogP contribution is -2.32. The van der Waals surface area contributed by atoms with Crippen LogP contribution in [-0.4, -0.2) is 36.8 Å². The average Bonchev–Trinajstić information content (AvgIpc) is 2.60. The molecule has 5 heteroatoms. The van der Waals surface area contributed by atoms with E-state index in [-0.39, 0.29) is 25.3 Å². The van der Waals surface area contributed by atoms with Crippen LogP contribution in [0, 0.1) is 0 Å². The quantitative estimate of drug-likeness (QED) is 0.438. The summed E-state index contributed by atoms with van der Waals surface area (Å²) in [4.78, 5) is 24.8. The third kappa shape index (κ3) is 2.20. The first kappa shape index (κ1) is 11.8. The Kier molecular flexibility index (Phi) is 3.51. The van der Waals surface area contributed by atoms with Gasteiger partial charge in [0.25, 0.3) is 11.8 Å². The van der Waals surface area contributed by atoms with E-state index in [1.54, 1.807) is 24.3 Å². The van der Waals surface area contributed by atoms with Gasteiger partial charge in [0.05, 0.1) is 11.1 Å². The van der Waals surface area contributed by atoms with Crippen LogP contribution in [0.4, 0.5) is 0 Å². The van der Waals surface area contributed by atoms with Crippen LogP contribution in [0.3, 0.4) is 0 Å². The molecule has 2 amide bonds. The number of nitrogens with zero attached hydrogens (tertiary/aromatic N) is 1. The Balaban J connectivity index is 2.03. The smallest absolute Gasteiger partial charge is 0.263 e. The Morgan fingerprint density at radius 3 is 2.18 bits per heavy atom. The molecule has 1 heterocycles. The van der Waals surface area contributed by atoms with Crippen molar-refractivity contribution in [1.29, 1.82) is 0 Å². The lowest BCUT2D eigenvalue weighted by atomic mass is 10.1. The van der Waals surface area contributed by atoms with E-state index in [0.29, 0.717) is 17.7 Å². The number of rotatable bonds is 5. The summed E-state index contributed by atoms with van der Waals surface area (Å²) in [5.74, 6) is -0.635. The number of imide groups is 1. The molecule has 0 spiro atoms. The van der Waals surface area contributed by atoms with Crippen LogP contribution in [0.2, 0.25) is 0 Å². The first-order valence-corrected chi connectivity index (χ1v) is 5.36. The van der Waals surface area contributed by atoms with Gasteiger partial charge in [-0.25, -0.2) is 4.90 Å². The molecule has 1 aromatic carbocycles. The van der Waals surface area contributed by atoms with Gasteiger partial charge in [-0.15, -0.1) is 0 Å². The van der Waals surface area contributed by atoms with E-state index >= 15 is 0 Å². The monoisotopic (exact) mass is 235 g/mol. The maximum atomic E-state index is 11.9. The van der Waals surface area contributed by atoms with E-state index in [1.165, 1.54) is 0 Å². The van der Waals surface area contributed by atoms with Gasteiger partial charge in [0.1, 0.15) is 13.5 Å². The Labute approximate surface area is 98.9 Å². The van der Waals surface area contributed by atoms with E-state index < -0.39 is 0 Å². The van der Waals surface area contributed by atoms with Gasteiger partial charge in [0.15, 0.2) is 0 Å². The molecule has 1 aliphatic heterocycles. The standard InChI is InChI=1S/C12H13NO4/c1-2-16-8-17-7-13-11(14)9-5-3-4-6-10(9)12(13)15/h3-6H,2,7-8H2,1H3. The van der Waals surface area contributed by atoms with Crippen LogP contribution >= 0.6 is 0 Å². The summed E-state index contributed by atoms with van der Waals surface area (Å²) in [6, 6.07) is 6.74. The third-order valence-corrected chi connectivity index (χ3v) is 2.47. The van der Waals surface area contributed by atoms with Crippen molar-refractivity contribution < 1.29 is 19.1 Å². The molecule has 0 unspecified atom stereocenters. The third-order valence-electron chi connectivity index (χ3n) is 2.47. The first-order valence-electron chi connectivity index (χ1n) is 5.36. The molecule has 0 N–H and O–H groups in total. The molecule has 2 rings (SSSR count). The van der Waals surface area contributed by atoms with Crippen LogP contribution in [0.15, 0.2) is 24.3 Å². The second-order valence-electron chi connectivity index (χ2n) is 3.53. The number of fused-ring (bicyclic) bond motifs is 1. The lowest BCUT2D eigenvalue weighted by molar-refractivity contribution is -0.0729. The number of carbonyl (C=O) groups excluding carboxylic acids is 2. The van der Waals surface area contributed by atoms with Crippen molar-refractivity contribution in [3.63, 3.8) is 0 Å². The zero-order chi connectivity index (χ0) is 12.3. The van der Waals surface area contributed by atoms with Gasteiger partial charge >= 0.3 is 0 Å². The number of benzene rings is 1. The molecule has 5 nitrogen and oxygen atoms in total. The molecule has 0 saturated carbocycles. The van der Waals surface area contributed by atoms with Gasteiger partial charge in [-0.3, -0.25) is 9.59 Å². The van der Waals surface area contributed by atoms with E-state index in [2.05, 4.69) is 0 Å². The summed E-state index contributed by atoms with van der Waals surface area (Å²) in [7, 11) is 0. The minimum Gasteiger partial charge on any atom is -0.356 e. The van der Waals surface area contributed by atoms with Crippen LogP contribution < -0.4 is 0 Å². The van der Waals surface area contributed by atoms with Crippen molar-refractivity contribution in [3.8, 4) is 0 Å². The molecule has 0 bridgehead atoms. The highest BCUT2D eigenvalue weighted by molar-refractivity contribution is 6.21. The Bertz CT molecular complexity index is 409. The summed E-state index contributed by atoms with van der Waals surface area (Å²) in [5, 5.41) is 0. The van der Waals surface area contributed by atoms with Gasteiger partial charge in [0, 0.05) is 6.61 Å². The number of hydrogen-bond acceptors (Lipinski definition) is 4. The number of ether oxygens (including phenoxy) is 2. The lowest BCUT2D eigenvalue weighted by Gasteiger charge is -2.13. The minimum atomic E-state index is -0.318. The van der Waals surface area contributed by atoms with Crippen molar-refractivity contribution in [1.82, 2.24) is 4.90 Å². The zero-order valence-electron chi connectivity index (χ0n) is 9.51. The van der Waals surface area contributed by atoms with Crippen LogP contribution in [0.25, 0.3) is 0 Å². The SMILES string of the molecule is CCOCOCN1C(=O)c2ccccc2C1=O. The highest BCUT2D eigenvalue weighted by atomic mass is 16.7. The van der Waals surface area contributed by atoms with Gasteiger partial charge in [-0.2, -0.15) is 0 Å². The van der Waals surface area contributed by atoms with Crippen molar-refractivity contribution in [2.75, 3.05) is 20.1 Å². The van der Waals surface area contributed by atoms with E-state index in [0.717, 1.165) is 4.90 Å². The molecule has 0 aromatic heterocycles. The van der Waals surface area contributed by atoms with E-state index in [1.807, 2.05) is 6.92 Å². The molecule has 0 aliphatic carbocycles. The normalized spacial score (nSPS) is 14.3. The van der Waals surface area contributed by atoms with Crippen LogP contribution in [-0.2, 0) is 9.47 Å². The largest absolute Gasteiger partial charge is 0.356 e. The van der Waals surface area contributed by atoms with Crippen molar-refractivity contribution >= 4 is 11.8 Å². The summed E-state index contributed by atoms with van der Waals surface area (Å²) in [6.45, 7) is 2.36. The Morgan fingerprint density at radius 1 is 1.06 bits per heavy atom. The minimum absolute atomic E-state index is 0.0733. The molecule has 0 fully saturated rings.